The van der Waals surface area contributed by atoms with Crippen LogP contribution in [0.4, 0.5) is 0 Å². The summed E-state index contributed by atoms with van der Waals surface area (Å²) in [5.74, 6) is -0.658. The standard InChI is InChI=1S/C18H18O3/c19-17(16-6-2-1-3-7-16)13-15-11-9-14(10-12-15)5-4-8-18(20)21/h1-3,6-7,9-12H,4-5,8,13H2,(H,20,21). The van der Waals surface area contributed by atoms with Gasteiger partial charge in [0.2, 0.25) is 0 Å². The van der Waals surface area contributed by atoms with E-state index in [1.807, 2.05) is 54.6 Å². The first kappa shape index (κ1) is 15.0. The van der Waals surface area contributed by atoms with E-state index in [4.69, 9.17) is 5.11 Å². The van der Waals surface area contributed by atoms with E-state index in [1.54, 1.807) is 0 Å². The number of ketones is 1. The number of hydrogen-bond acceptors (Lipinski definition) is 2. The predicted octanol–water partition coefficient (Wildman–Crippen LogP) is 3.52. The molecular weight excluding hydrogens is 264 g/mol. The van der Waals surface area contributed by atoms with Gasteiger partial charge in [0, 0.05) is 18.4 Å². The smallest absolute Gasteiger partial charge is 0.303 e. The lowest BCUT2D eigenvalue weighted by Gasteiger charge is -2.04. The van der Waals surface area contributed by atoms with Crippen molar-refractivity contribution >= 4 is 11.8 Å². The zero-order valence-electron chi connectivity index (χ0n) is 11.8. The van der Waals surface area contributed by atoms with Gasteiger partial charge in [-0.15, -0.1) is 0 Å². The van der Waals surface area contributed by atoms with E-state index in [0.29, 0.717) is 12.8 Å². The first-order valence-electron chi connectivity index (χ1n) is 7.03. The van der Waals surface area contributed by atoms with Crippen LogP contribution in [0.15, 0.2) is 54.6 Å². The molecule has 3 nitrogen and oxygen atoms in total. The van der Waals surface area contributed by atoms with Crippen LogP contribution >= 0.6 is 0 Å². The van der Waals surface area contributed by atoms with Crippen LogP contribution in [-0.4, -0.2) is 16.9 Å². The van der Waals surface area contributed by atoms with E-state index in [2.05, 4.69) is 0 Å². The number of benzene rings is 2. The molecule has 0 aliphatic rings. The van der Waals surface area contributed by atoms with Crippen molar-refractivity contribution in [2.45, 2.75) is 25.7 Å². The maximum Gasteiger partial charge on any atom is 0.303 e. The molecule has 0 bridgehead atoms. The number of aliphatic carboxylic acids is 1. The van der Waals surface area contributed by atoms with Gasteiger partial charge in [-0.1, -0.05) is 54.6 Å². The Hall–Kier alpha value is -2.42. The largest absolute Gasteiger partial charge is 0.481 e. The highest BCUT2D eigenvalue weighted by molar-refractivity contribution is 5.97. The molecule has 0 saturated heterocycles. The Balaban J connectivity index is 1.90. The van der Waals surface area contributed by atoms with Gasteiger partial charge < -0.3 is 5.11 Å². The van der Waals surface area contributed by atoms with Crippen molar-refractivity contribution in [3.05, 3.63) is 71.3 Å². The fraction of sp³-hybridized carbons (Fsp3) is 0.222. The predicted molar refractivity (Wildman–Crippen MR) is 81.5 cm³/mol. The number of carbonyl (C=O) groups is 2. The first-order chi connectivity index (χ1) is 10.1. The van der Waals surface area contributed by atoms with Crippen molar-refractivity contribution < 1.29 is 14.7 Å². The van der Waals surface area contributed by atoms with Crippen LogP contribution in [0.25, 0.3) is 0 Å². The second-order valence-corrected chi connectivity index (χ2v) is 5.03. The van der Waals surface area contributed by atoms with Gasteiger partial charge in [0.15, 0.2) is 5.78 Å². The lowest BCUT2D eigenvalue weighted by atomic mass is 10.0. The molecule has 108 valence electrons. The number of Topliss-reactive ketones (excluding diaryl/α,β-unsaturated/α-hetero) is 1. The number of rotatable bonds is 7. The molecule has 21 heavy (non-hydrogen) atoms. The van der Waals surface area contributed by atoms with Crippen LogP contribution in [0.5, 0.6) is 0 Å². The third kappa shape index (κ3) is 4.88. The molecule has 2 aromatic carbocycles. The van der Waals surface area contributed by atoms with Gasteiger partial charge in [0.05, 0.1) is 0 Å². The van der Waals surface area contributed by atoms with Crippen LogP contribution < -0.4 is 0 Å². The molecule has 3 heteroatoms. The lowest BCUT2D eigenvalue weighted by Crippen LogP contribution is -2.03. The van der Waals surface area contributed by atoms with Crippen molar-refractivity contribution in [3.8, 4) is 0 Å². The molecule has 2 aromatic rings. The fourth-order valence-electron chi connectivity index (χ4n) is 2.18. The Morgan fingerprint density at radius 1 is 0.857 bits per heavy atom. The monoisotopic (exact) mass is 282 g/mol. The molecule has 0 aliphatic heterocycles. The van der Waals surface area contributed by atoms with Crippen molar-refractivity contribution in [1.82, 2.24) is 0 Å². The highest BCUT2D eigenvalue weighted by Crippen LogP contribution is 2.11. The zero-order valence-corrected chi connectivity index (χ0v) is 11.8. The third-order valence-electron chi connectivity index (χ3n) is 3.34. The van der Waals surface area contributed by atoms with Gasteiger partial charge >= 0.3 is 5.97 Å². The quantitative estimate of drug-likeness (QED) is 0.790. The van der Waals surface area contributed by atoms with Crippen molar-refractivity contribution in [3.63, 3.8) is 0 Å². The highest BCUT2D eigenvalue weighted by Gasteiger charge is 2.06. The summed E-state index contributed by atoms with van der Waals surface area (Å²) >= 11 is 0. The van der Waals surface area contributed by atoms with Crippen LogP contribution in [0.3, 0.4) is 0 Å². The van der Waals surface area contributed by atoms with Gasteiger partial charge in [-0.05, 0) is 24.0 Å². The number of carboxylic acids is 1. The van der Waals surface area contributed by atoms with Crippen LogP contribution in [-0.2, 0) is 17.6 Å². The van der Waals surface area contributed by atoms with E-state index >= 15 is 0 Å². The van der Waals surface area contributed by atoms with Crippen molar-refractivity contribution in [2.75, 3.05) is 0 Å². The first-order valence-corrected chi connectivity index (χ1v) is 7.03. The van der Waals surface area contributed by atoms with Crippen LogP contribution in [0, 0.1) is 0 Å². The molecule has 0 fully saturated rings. The Morgan fingerprint density at radius 2 is 1.48 bits per heavy atom. The summed E-state index contributed by atoms with van der Waals surface area (Å²) in [6.45, 7) is 0. The summed E-state index contributed by atoms with van der Waals surface area (Å²) in [5.41, 5.74) is 2.81. The molecule has 1 N–H and O–H groups in total. The van der Waals surface area contributed by atoms with E-state index in [0.717, 1.165) is 23.1 Å². The molecule has 0 spiro atoms. The Bertz CT molecular complexity index is 600. The van der Waals surface area contributed by atoms with Crippen molar-refractivity contribution in [2.24, 2.45) is 0 Å². The van der Waals surface area contributed by atoms with Gasteiger partial charge in [0.1, 0.15) is 0 Å². The number of aryl methyl sites for hydroxylation is 1. The van der Waals surface area contributed by atoms with Gasteiger partial charge in [-0.2, -0.15) is 0 Å². The molecule has 0 radical (unpaired) electrons. The van der Waals surface area contributed by atoms with Gasteiger partial charge in [-0.25, -0.2) is 0 Å². The molecule has 0 aromatic heterocycles. The molecular formula is C18H18O3. The average Bonchev–Trinajstić information content (AvgIpc) is 2.49. The van der Waals surface area contributed by atoms with E-state index in [1.165, 1.54) is 0 Å². The number of carbonyl (C=O) groups excluding carboxylic acids is 1. The SMILES string of the molecule is O=C(O)CCCc1ccc(CC(=O)c2ccccc2)cc1. The molecule has 0 aliphatic carbocycles. The number of carboxylic acid groups (broad SMARTS) is 1. The Morgan fingerprint density at radius 3 is 2.10 bits per heavy atom. The zero-order chi connectivity index (χ0) is 15.1. The summed E-state index contributed by atoms with van der Waals surface area (Å²) in [6.07, 6.45) is 1.96. The molecule has 0 amide bonds. The fourth-order valence-corrected chi connectivity index (χ4v) is 2.18. The third-order valence-corrected chi connectivity index (χ3v) is 3.34. The van der Waals surface area contributed by atoms with E-state index < -0.39 is 5.97 Å². The van der Waals surface area contributed by atoms with Gasteiger partial charge in [-0.3, -0.25) is 9.59 Å². The Labute approximate surface area is 124 Å². The molecule has 0 unspecified atom stereocenters. The topological polar surface area (TPSA) is 54.4 Å². The lowest BCUT2D eigenvalue weighted by molar-refractivity contribution is -0.137. The maximum absolute atomic E-state index is 12.1. The van der Waals surface area contributed by atoms with E-state index in [-0.39, 0.29) is 12.2 Å². The second-order valence-electron chi connectivity index (χ2n) is 5.03. The normalized spacial score (nSPS) is 10.3. The average molecular weight is 282 g/mol. The maximum atomic E-state index is 12.1. The summed E-state index contributed by atoms with van der Waals surface area (Å²) in [5, 5.41) is 8.61. The minimum atomic E-state index is -0.764. The van der Waals surface area contributed by atoms with Crippen LogP contribution in [0.2, 0.25) is 0 Å². The second kappa shape index (κ2) is 7.39. The van der Waals surface area contributed by atoms with Crippen molar-refractivity contribution in [1.29, 1.82) is 0 Å². The molecule has 0 heterocycles. The molecule has 0 atom stereocenters. The molecule has 0 saturated carbocycles. The van der Waals surface area contributed by atoms with E-state index in [9.17, 15) is 9.59 Å². The summed E-state index contributed by atoms with van der Waals surface area (Å²) in [4.78, 5) is 22.5. The van der Waals surface area contributed by atoms with Crippen LogP contribution in [0.1, 0.15) is 34.3 Å². The summed E-state index contributed by atoms with van der Waals surface area (Å²) in [6, 6.07) is 17.1. The Kier molecular flexibility index (Phi) is 5.27. The minimum Gasteiger partial charge on any atom is -0.481 e. The summed E-state index contributed by atoms with van der Waals surface area (Å²) in [7, 11) is 0. The highest BCUT2D eigenvalue weighted by atomic mass is 16.4. The molecule has 2 rings (SSSR count). The van der Waals surface area contributed by atoms with Gasteiger partial charge in [0.25, 0.3) is 0 Å². The number of hydrogen-bond donors (Lipinski definition) is 1. The minimum absolute atomic E-state index is 0.106. The summed E-state index contributed by atoms with van der Waals surface area (Å²) < 4.78 is 0.